The van der Waals surface area contributed by atoms with E-state index in [-0.39, 0.29) is 15.2 Å². The molecule has 0 bridgehead atoms. The van der Waals surface area contributed by atoms with E-state index in [1.807, 2.05) is 0 Å². The normalized spacial score (nSPS) is 10.5. The van der Waals surface area contributed by atoms with Crippen LogP contribution in [0.25, 0.3) is 0 Å². The highest BCUT2D eigenvalue weighted by Crippen LogP contribution is 2.28. The highest BCUT2D eigenvalue weighted by molar-refractivity contribution is 9.10. The molecule has 6 heteroatoms. The monoisotopic (exact) mass is 349 g/mol. The van der Waals surface area contributed by atoms with Gasteiger partial charge in [0.25, 0.3) is 0 Å². The summed E-state index contributed by atoms with van der Waals surface area (Å²) in [6.45, 7) is 3.54. The van der Waals surface area contributed by atoms with Gasteiger partial charge < -0.3 is 15.2 Å². The lowest BCUT2D eigenvalue weighted by Gasteiger charge is -2.10. The Hall–Kier alpha value is -0.720. The molecular weight excluding hydrogens is 333 g/mol. The second kappa shape index (κ2) is 8.45. The van der Waals surface area contributed by atoms with Crippen LogP contribution in [0.5, 0.6) is 5.75 Å². The molecule has 0 unspecified atom stereocenters. The van der Waals surface area contributed by atoms with Gasteiger partial charge >= 0.3 is 0 Å². The molecule has 0 spiro atoms. The van der Waals surface area contributed by atoms with E-state index in [1.165, 1.54) is 6.07 Å². The van der Waals surface area contributed by atoms with Crippen molar-refractivity contribution in [2.45, 2.75) is 19.8 Å². The molecule has 0 aliphatic carbocycles. The van der Waals surface area contributed by atoms with Crippen LogP contribution in [0.15, 0.2) is 16.6 Å². The number of hydrogen-bond donors (Lipinski definition) is 1. The zero-order chi connectivity index (χ0) is 14.3. The molecule has 3 nitrogen and oxygen atoms in total. The average Bonchev–Trinajstić information content (AvgIpc) is 2.38. The molecule has 0 saturated carbocycles. The highest BCUT2D eigenvalue weighted by Gasteiger charge is 2.13. The first-order valence-corrected chi connectivity index (χ1v) is 7.26. The Kier molecular flexibility index (Phi) is 7.27. The van der Waals surface area contributed by atoms with Gasteiger partial charge in [-0.15, -0.1) is 0 Å². The van der Waals surface area contributed by atoms with Crippen LogP contribution in [0.2, 0.25) is 0 Å². The Balaban J connectivity index is 2.51. The van der Waals surface area contributed by atoms with Crippen molar-refractivity contribution in [2.24, 2.45) is 5.73 Å². The van der Waals surface area contributed by atoms with Gasteiger partial charge in [-0.2, -0.15) is 0 Å². The summed E-state index contributed by atoms with van der Waals surface area (Å²) in [6.07, 6.45) is 2.10. The van der Waals surface area contributed by atoms with Gasteiger partial charge in [0, 0.05) is 12.2 Å². The summed E-state index contributed by atoms with van der Waals surface area (Å²) in [4.78, 5) is 0.139. The van der Waals surface area contributed by atoms with E-state index < -0.39 is 5.82 Å². The maximum Gasteiger partial charge on any atom is 0.179 e. The van der Waals surface area contributed by atoms with Gasteiger partial charge in [0.2, 0.25) is 0 Å². The molecule has 1 rings (SSSR count). The number of nitrogens with two attached hydrogens (primary N) is 1. The topological polar surface area (TPSA) is 44.5 Å². The zero-order valence-corrected chi connectivity index (χ0v) is 13.2. The third-order valence-electron chi connectivity index (χ3n) is 2.44. The van der Waals surface area contributed by atoms with Crippen LogP contribution in [0.4, 0.5) is 4.39 Å². The molecule has 1 aromatic carbocycles. The highest BCUT2D eigenvalue weighted by atomic mass is 79.9. The number of unbranched alkanes of at least 4 members (excludes halogenated alkanes) is 1. The summed E-state index contributed by atoms with van der Waals surface area (Å²) in [6, 6.07) is 3.14. The van der Waals surface area contributed by atoms with E-state index in [9.17, 15) is 4.39 Å². The number of halogens is 2. The van der Waals surface area contributed by atoms with E-state index in [0.29, 0.717) is 25.4 Å². The van der Waals surface area contributed by atoms with Crippen molar-refractivity contribution in [3.8, 4) is 5.75 Å². The molecule has 1 aromatic rings. The van der Waals surface area contributed by atoms with Crippen LogP contribution in [-0.2, 0) is 4.74 Å². The molecule has 0 fully saturated rings. The van der Waals surface area contributed by atoms with Gasteiger partial charge in [-0.1, -0.05) is 25.6 Å². The molecule has 0 saturated heterocycles. The van der Waals surface area contributed by atoms with Crippen LogP contribution in [0.3, 0.4) is 0 Å². The largest absolute Gasteiger partial charge is 0.488 e. The lowest BCUT2D eigenvalue weighted by molar-refractivity contribution is 0.0966. The van der Waals surface area contributed by atoms with Gasteiger partial charge in [-0.25, -0.2) is 4.39 Å². The molecule has 0 amide bonds. The molecule has 106 valence electrons. The number of benzene rings is 1. The molecule has 2 N–H and O–H groups in total. The predicted octanol–water partition coefficient (Wildman–Crippen LogP) is 3.42. The minimum Gasteiger partial charge on any atom is -0.488 e. The Bertz CT molecular complexity index is 443. The predicted molar refractivity (Wildman–Crippen MR) is 81.2 cm³/mol. The number of hydrogen-bond acceptors (Lipinski definition) is 3. The van der Waals surface area contributed by atoms with Crippen LogP contribution in [0.1, 0.15) is 25.3 Å². The van der Waals surface area contributed by atoms with E-state index >= 15 is 0 Å². The molecule has 0 aliphatic heterocycles. The molecule has 0 radical (unpaired) electrons. The Morgan fingerprint density at radius 3 is 2.74 bits per heavy atom. The smallest absolute Gasteiger partial charge is 0.179 e. The molecule has 0 heterocycles. The zero-order valence-electron chi connectivity index (χ0n) is 10.7. The molecule has 0 aliphatic rings. The lowest BCUT2D eigenvalue weighted by Crippen LogP contribution is -2.12. The molecular formula is C13H17BrFNO2S. The van der Waals surface area contributed by atoms with Crippen molar-refractivity contribution in [2.75, 3.05) is 19.8 Å². The minimum atomic E-state index is -0.501. The van der Waals surface area contributed by atoms with Crippen LogP contribution < -0.4 is 10.5 Å². The molecule has 0 aromatic heterocycles. The third-order valence-corrected chi connectivity index (χ3v) is 3.43. The quantitative estimate of drug-likeness (QED) is 0.576. The SMILES string of the molecule is CCCCOCCOc1ccc(C(N)=S)c(Br)c1F. The van der Waals surface area contributed by atoms with Crippen molar-refractivity contribution < 1.29 is 13.9 Å². The van der Waals surface area contributed by atoms with Gasteiger partial charge in [-0.05, 0) is 34.5 Å². The number of thiocarbonyl (C=S) groups is 1. The first-order valence-electron chi connectivity index (χ1n) is 6.06. The fourth-order valence-corrected chi connectivity index (χ4v) is 2.24. The van der Waals surface area contributed by atoms with E-state index in [2.05, 4.69) is 22.9 Å². The maximum atomic E-state index is 13.9. The Labute approximate surface area is 126 Å². The third kappa shape index (κ3) is 5.04. The first-order chi connectivity index (χ1) is 9.07. The summed E-state index contributed by atoms with van der Waals surface area (Å²) in [5.74, 6) is -0.343. The summed E-state index contributed by atoms with van der Waals surface area (Å²) in [5, 5.41) is 0. The average molecular weight is 350 g/mol. The van der Waals surface area contributed by atoms with Crippen molar-refractivity contribution in [3.05, 3.63) is 28.0 Å². The number of ether oxygens (including phenoxy) is 2. The van der Waals surface area contributed by atoms with Gasteiger partial charge in [0.15, 0.2) is 11.6 Å². The van der Waals surface area contributed by atoms with Gasteiger partial charge in [0.05, 0.1) is 11.1 Å². The summed E-state index contributed by atoms with van der Waals surface area (Å²) < 4.78 is 24.8. The van der Waals surface area contributed by atoms with Gasteiger partial charge in [-0.3, -0.25) is 0 Å². The summed E-state index contributed by atoms with van der Waals surface area (Å²) in [5.41, 5.74) is 5.93. The lowest BCUT2D eigenvalue weighted by atomic mass is 10.2. The van der Waals surface area contributed by atoms with Gasteiger partial charge in [0.1, 0.15) is 11.6 Å². The second-order valence-electron chi connectivity index (χ2n) is 3.92. The standard InChI is InChI=1S/C13H17BrFNO2S/c1-2-3-6-17-7-8-18-10-5-4-9(13(16)19)11(14)12(10)15/h4-5H,2-3,6-8H2,1H3,(H2,16,19). The van der Waals surface area contributed by atoms with Crippen LogP contribution in [0, 0.1) is 5.82 Å². The summed E-state index contributed by atoms with van der Waals surface area (Å²) >= 11 is 7.94. The van der Waals surface area contributed by atoms with Crippen molar-refractivity contribution in [3.63, 3.8) is 0 Å². The molecule has 0 atom stereocenters. The van der Waals surface area contributed by atoms with E-state index in [4.69, 9.17) is 27.4 Å². The first kappa shape index (κ1) is 16.3. The fraction of sp³-hybridized carbons (Fsp3) is 0.462. The molecule has 19 heavy (non-hydrogen) atoms. The summed E-state index contributed by atoms with van der Waals surface area (Å²) in [7, 11) is 0. The van der Waals surface area contributed by atoms with Crippen LogP contribution in [-0.4, -0.2) is 24.8 Å². The maximum absolute atomic E-state index is 13.9. The van der Waals surface area contributed by atoms with Crippen molar-refractivity contribution >= 4 is 33.1 Å². The fourth-order valence-electron chi connectivity index (χ4n) is 1.39. The van der Waals surface area contributed by atoms with E-state index in [1.54, 1.807) is 6.07 Å². The Morgan fingerprint density at radius 2 is 2.11 bits per heavy atom. The van der Waals surface area contributed by atoms with Crippen molar-refractivity contribution in [1.82, 2.24) is 0 Å². The van der Waals surface area contributed by atoms with Crippen LogP contribution >= 0.6 is 28.1 Å². The van der Waals surface area contributed by atoms with Crippen molar-refractivity contribution in [1.29, 1.82) is 0 Å². The number of rotatable bonds is 8. The second-order valence-corrected chi connectivity index (χ2v) is 5.15. The minimum absolute atomic E-state index is 0.139. The van der Waals surface area contributed by atoms with E-state index in [0.717, 1.165) is 12.8 Å². The Morgan fingerprint density at radius 1 is 1.37 bits per heavy atom.